The van der Waals surface area contributed by atoms with Crippen LogP contribution in [0, 0.1) is 0 Å². The Morgan fingerprint density at radius 3 is 1.82 bits per heavy atom. The topological polar surface area (TPSA) is 134 Å². The Morgan fingerprint density at radius 2 is 1.22 bits per heavy atom. The summed E-state index contributed by atoms with van der Waals surface area (Å²) in [6.45, 7) is 3.51. The molecule has 260 valence electrons. The fourth-order valence-electron chi connectivity index (χ4n) is 4.29. The van der Waals surface area contributed by atoms with Crippen molar-refractivity contribution in [2.45, 2.75) is 136 Å². The van der Waals surface area contributed by atoms with Crippen molar-refractivity contribution >= 4 is 19.8 Å². The van der Waals surface area contributed by atoms with E-state index in [1.165, 1.54) is 38.5 Å². The highest BCUT2D eigenvalue weighted by molar-refractivity contribution is 7.47. The van der Waals surface area contributed by atoms with Crippen molar-refractivity contribution in [3.05, 3.63) is 48.6 Å². The molecule has 0 aromatic rings. The van der Waals surface area contributed by atoms with Crippen molar-refractivity contribution < 1.29 is 37.6 Å². The van der Waals surface area contributed by atoms with E-state index in [9.17, 15) is 19.0 Å². The summed E-state index contributed by atoms with van der Waals surface area (Å²) >= 11 is 0. The van der Waals surface area contributed by atoms with Gasteiger partial charge in [0.2, 0.25) is 0 Å². The molecule has 1 unspecified atom stereocenters. The lowest BCUT2D eigenvalue weighted by molar-refractivity contribution is -0.161. The number of hydrogen-bond acceptors (Lipinski definition) is 8. The molecule has 0 aliphatic carbocycles. The maximum atomic E-state index is 12.5. The third kappa shape index (κ3) is 31.7. The molecule has 0 aromatic carbocycles. The molecule has 0 aliphatic rings. The first-order valence-corrected chi connectivity index (χ1v) is 18.7. The minimum Gasteiger partial charge on any atom is -0.462 e. The quantitative estimate of drug-likeness (QED) is 0.0325. The van der Waals surface area contributed by atoms with Crippen molar-refractivity contribution in [3.8, 4) is 0 Å². The zero-order valence-corrected chi connectivity index (χ0v) is 29.0. The van der Waals surface area contributed by atoms with Gasteiger partial charge in [-0.2, -0.15) is 0 Å². The first kappa shape index (κ1) is 43.0. The smallest absolute Gasteiger partial charge is 0.462 e. The molecule has 0 aromatic heterocycles. The Kier molecular flexibility index (Phi) is 30.5. The molecular formula is C35H62NO8P. The van der Waals surface area contributed by atoms with Crippen molar-refractivity contribution in [2.75, 3.05) is 26.4 Å². The molecule has 9 nitrogen and oxygen atoms in total. The number of phosphoric ester groups is 1. The number of phosphoric acid groups is 1. The number of ether oxygens (including phenoxy) is 2. The van der Waals surface area contributed by atoms with E-state index < -0.39 is 32.5 Å². The molecule has 0 saturated heterocycles. The van der Waals surface area contributed by atoms with Gasteiger partial charge in [-0.05, 0) is 32.1 Å². The maximum Gasteiger partial charge on any atom is 0.472 e. The van der Waals surface area contributed by atoms with Gasteiger partial charge in [-0.1, -0.05) is 133 Å². The van der Waals surface area contributed by atoms with Crippen LogP contribution in [0.2, 0.25) is 0 Å². The third-order valence-corrected chi connectivity index (χ3v) is 7.81. The SMILES string of the molecule is CC/C=C/C=C/C=C/C=C/CCCCCCCC(=O)O[C@H](COC(=O)CCCCCCCCCCC)COP(=O)(O)OCCN. The molecule has 0 saturated carbocycles. The fourth-order valence-corrected chi connectivity index (χ4v) is 5.05. The summed E-state index contributed by atoms with van der Waals surface area (Å²) in [6.07, 6.45) is 32.9. The standard InChI is InChI=1S/C35H62NO8P/c1-3-5-7-9-11-13-14-15-16-17-18-20-22-24-26-28-35(38)44-33(32-43-45(39,40)42-30-29-36)31-41-34(37)27-25-23-21-19-12-10-8-6-4-2/h5,7,9,11,13-16,33H,3-4,6,8,10,12,17-32,36H2,1-2H3,(H,39,40)/b7-5+,11-9+,14-13+,16-15+/t33-/m1/s1. The van der Waals surface area contributed by atoms with Crippen LogP contribution in [0.15, 0.2) is 48.6 Å². The fraction of sp³-hybridized carbons (Fsp3) is 0.714. The van der Waals surface area contributed by atoms with Crippen molar-refractivity contribution in [2.24, 2.45) is 5.73 Å². The molecule has 3 N–H and O–H groups in total. The number of unbranched alkanes of at least 4 members (excludes halogenated alkanes) is 13. The highest BCUT2D eigenvalue weighted by Gasteiger charge is 2.25. The predicted octanol–water partition coefficient (Wildman–Crippen LogP) is 8.82. The van der Waals surface area contributed by atoms with E-state index in [4.69, 9.17) is 24.3 Å². The molecule has 10 heteroatoms. The van der Waals surface area contributed by atoms with Gasteiger partial charge in [-0.15, -0.1) is 0 Å². The molecule has 0 bridgehead atoms. The monoisotopic (exact) mass is 655 g/mol. The van der Waals surface area contributed by atoms with Gasteiger partial charge in [-0.3, -0.25) is 18.6 Å². The van der Waals surface area contributed by atoms with Crippen LogP contribution in [0.1, 0.15) is 129 Å². The maximum absolute atomic E-state index is 12.5. The number of hydrogen-bond donors (Lipinski definition) is 2. The second-order valence-electron chi connectivity index (χ2n) is 11.1. The van der Waals surface area contributed by atoms with E-state index in [-0.39, 0.29) is 32.6 Å². The number of carbonyl (C=O) groups is 2. The summed E-state index contributed by atoms with van der Waals surface area (Å²) in [5.74, 6) is -0.865. The number of allylic oxidation sites excluding steroid dienone is 8. The first-order chi connectivity index (χ1) is 21.8. The molecule has 45 heavy (non-hydrogen) atoms. The normalized spacial score (nSPS) is 14.1. The van der Waals surface area contributed by atoms with E-state index >= 15 is 0 Å². The zero-order chi connectivity index (χ0) is 33.3. The van der Waals surface area contributed by atoms with Gasteiger partial charge >= 0.3 is 19.8 Å². The summed E-state index contributed by atoms with van der Waals surface area (Å²) in [4.78, 5) is 34.5. The molecule has 0 aliphatic heterocycles. The van der Waals surface area contributed by atoms with Gasteiger partial charge in [0.05, 0.1) is 13.2 Å². The van der Waals surface area contributed by atoms with Gasteiger partial charge in [0.15, 0.2) is 6.10 Å². The van der Waals surface area contributed by atoms with Crippen LogP contribution < -0.4 is 5.73 Å². The van der Waals surface area contributed by atoms with Crippen LogP contribution in [0.25, 0.3) is 0 Å². The number of esters is 2. The highest BCUT2D eigenvalue weighted by atomic mass is 31.2. The lowest BCUT2D eigenvalue weighted by Gasteiger charge is -2.19. The highest BCUT2D eigenvalue weighted by Crippen LogP contribution is 2.43. The molecule has 0 spiro atoms. The van der Waals surface area contributed by atoms with E-state index in [2.05, 4.69) is 32.1 Å². The molecule has 0 fully saturated rings. The molecule has 0 radical (unpaired) electrons. The number of nitrogens with two attached hydrogens (primary N) is 1. The summed E-state index contributed by atoms with van der Waals surface area (Å²) in [6, 6.07) is 0. The lowest BCUT2D eigenvalue weighted by Crippen LogP contribution is -2.29. The summed E-state index contributed by atoms with van der Waals surface area (Å²) in [5.41, 5.74) is 5.31. The summed E-state index contributed by atoms with van der Waals surface area (Å²) in [5, 5.41) is 0. The molecule has 2 atom stereocenters. The van der Waals surface area contributed by atoms with Gasteiger partial charge < -0.3 is 20.1 Å². The van der Waals surface area contributed by atoms with Gasteiger partial charge in [0.1, 0.15) is 6.61 Å². The molecule has 0 rings (SSSR count). The predicted molar refractivity (Wildman–Crippen MR) is 183 cm³/mol. The van der Waals surface area contributed by atoms with E-state index in [1.54, 1.807) is 0 Å². The minimum atomic E-state index is -4.37. The molecular weight excluding hydrogens is 593 g/mol. The van der Waals surface area contributed by atoms with Crippen molar-refractivity contribution in [1.82, 2.24) is 0 Å². The summed E-state index contributed by atoms with van der Waals surface area (Å²) in [7, 11) is -4.37. The largest absolute Gasteiger partial charge is 0.472 e. The second-order valence-corrected chi connectivity index (χ2v) is 12.6. The van der Waals surface area contributed by atoms with Crippen LogP contribution in [0.5, 0.6) is 0 Å². The van der Waals surface area contributed by atoms with Gasteiger partial charge in [-0.25, -0.2) is 4.57 Å². The van der Waals surface area contributed by atoms with Crippen LogP contribution in [-0.4, -0.2) is 49.3 Å². The molecule has 0 amide bonds. The van der Waals surface area contributed by atoms with Crippen LogP contribution in [-0.2, 0) is 32.7 Å². The van der Waals surface area contributed by atoms with E-state index in [1.807, 2.05) is 30.4 Å². The van der Waals surface area contributed by atoms with Crippen LogP contribution in [0.4, 0.5) is 0 Å². The van der Waals surface area contributed by atoms with Crippen LogP contribution >= 0.6 is 7.82 Å². The van der Waals surface area contributed by atoms with E-state index in [0.29, 0.717) is 6.42 Å². The van der Waals surface area contributed by atoms with E-state index in [0.717, 1.165) is 57.8 Å². The lowest BCUT2D eigenvalue weighted by atomic mass is 10.1. The third-order valence-electron chi connectivity index (χ3n) is 6.82. The van der Waals surface area contributed by atoms with Crippen molar-refractivity contribution in [3.63, 3.8) is 0 Å². The Morgan fingerprint density at radius 1 is 0.689 bits per heavy atom. The zero-order valence-electron chi connectivity index (χ0n) is 28.1. The van der Waals surface area contributed by atoms with Gasteiger partial charge in [0.25, 0.3) is 0 Å². The first-order valence-electron chi connectivity index (χ1n) is 17.2. The van der Waals surface area contributed by atoms with Gasteiger partial charge in [0, 0.05) is 19.4 Å². The Hall–Kier alpha value is -2.03. The Bertz CT molecular complexity index is 887. The van der Waals surface area contributed by atoms with Crippen molar-refractivity contribution in [1.29, 1.82) is 0 Å². The Balaban J connectivity index is 4.33. The minimum absolute atomic E-state index is 0.0477. The number of carbonyl (C=O) groups excluding carboxylic acids is 2. The molecule has 0 heterocycles. The average Bonchev–Trinajstić information content (AvgIpc) is 3.02. The Labute approximate surface area is 273 Å². The van der Waals surface area contributed by atoms with Crippen LogP contribution in [0.3, 0.4) is 0 Å². The number of rotatable bonds is 31. The second kappa shape index (κ2) is 31.9. The summed E-state index contributed by atoms with van der Waals surface area (Å²) < 4.78 is 32.5. The average molecular weight is 656 g/mol.